The van der Waals surface area contributed by atoms with Crippen LogP contribution in [0.3, 0.4) is 0 Å². The summed E-state index contributed by atoms with van der Waals surface area (Å²) in [4.78, 5) is 39.8. The molecule has 12 nitrogen and oxygen atoms in total. The van der Waals surface area contributed by atoms with Crippen LogP contribution in [0, 0.1) is 0 Å². The maximum atomic E-state index is 14.5. The molecule has 0 aliphatic heterocycles. The standard InChI is InChI=1S/C39H36N6O6S3/c1-51-39(48)44-36(35(25-9-4-2-5-10-25)26-11-6-3-7-12-26)38(47)41-21-29-14-16-34(53-29)32(23-46)45(22-28-19-27-13-8-18-40-37(27)43-28)54(49,50)30-15-17-33-31(20-30)42-24-52-33/h2-20,24,32,35-36,46H,21-23H2,1H3,(H,40,43)(H,41,47)(H,44,48). The summed E-state index contributed by atoms with van der Waals surface area (Å²) in [5.41, 5.74) is 5.09. The number of fused-ring (bicyclic) bond motifs is 2. The number of benzene rings is 3. The van der Waals surface area contributed by atoms with Crippen LogP contribution >= 0.6 is 22.7 Å². The lowest BCUT2D eigenvalue weighted by molar-refractivity contribution is -0.123. The number of ether oxygens (including phenoxy) is 1. The quantitative estimate of drug-likeness (QED) is 0.0994. The molecule has 2 amide bonds. The van der Waals surface area contributed by atoms with E-state index in [0.29, 0.717) is 26.6 Å². The zero-order valence-electron chi connectivity index (χ0n) is 29.0. The van der Waals surface area contributed by atoms with Gasteiger partial charge in [0.15, 0.2) is 0 Å². The number of carbonyl (C=O) groups excluding carboxylic acids is 2. The number of aliphatic hydroxyl groups is 1. The molecule has 54 heavy (non-hydrogen) atoms. The van der Waals surface area contributed by atoms with Crippen LogP contribution in [0.4, 0.5) is 4.79 Å². The number of nitrogens with zero attached hydrogens (tertiary/aromatic N) is 3. The van der Waals surface area contributed by atoms with Gasteiger partial charge < -0.3 is 25.5 Å². The molecule has 0 radical (unpaired) electrons. The number of amides is 2. The Balaban J connectivity index is 1.17. The molecule has 7 aromatic rings. The second kappa shape index (κ2) is 16.3. The highest BCUT2D eigenvalue weighted by Crippen LogP contribution is 2.35. The Kier molecular flexibility index (Phi) is 11.1. The Bertz CT molecular complexity index is 2410. The second-order valence-electron chi connectivity index (χ2n) is 12.4. The monoisotopic (exact) mass is 780 g/mol. The molecule has 4 aromatic heterocycles. The molecule has 2 atom stereocenters. The fraction of sp³-hybridized carbons (Fsp3) is 0.179. The van der Waals surface area contributed by atoms with Crippen LogP contribution in [0.25, 0.3) is 21.3 Å². The third-order valence-corrected chi connectivity index (χ3v) is 12.9. The zero-order valence-corrected chi connectivity index (χ0v) is 31.4. The van der Waals surface area contributed by atoms with E-state index in [1.54, 1.807) is 48.1 Å². The lowest BCUT2D eigenvalue weighted by Crippen LogP contribution is -2.50. The van der Waals surface area contributed by atoms with Crippen LogP contribution in [0.15, 0.2) is 126 Å². The number of pyridine rings is 1. The number of aromatic amines is 1. The first-order valence-corrected chi connectivity index (χ1v) is 20.1. The van der Waals surface area contributed by atoms with Gasteiger partial charge in [-0.3, -0.25) is 4.79 Å². The van der Waals surface area contributed by atoms with Crippen molar-refractivity contribution in [3.05, 3.63) is 147 Å². The summed E-state index contributed by atoms with van der Waals surface area (Å²) in [6, 6.07) is 30.8. The highest BCUT2D eigenvalue weighted by atomic mass is 32.2. The number of aliphatic hydroxyl groups excluding tert-OH is 1. The molecule has 3 aromatic carbocycles. The minimum Gasteiger partial charge on any atom is -0.453 e. The van der Waals surface area contributed by atoms with Gasteiger partial charge in [0.25, 0.3) is 0 Å². The third kappa shape index (κ3) is 7.90. The summed E-state index contributed by atoms with van der Waals surface area (Å²) in [7, 11) is -2.95. The number of carbonyl (C=O) groups is 2. The van der Waals surface area contributed by atoms with Crippen molar-refractivity contribution >= 4 is 65.9 Å². The molecule has 0 aliphatic rings. The van der Waals surface area contributed by atoms with E-state index in [9.17, 15) is 23.1 Å². The largest absolute Gasteiger partial charge is 0.453 e. The van der Waals surface area contributed by atoms with Crippen LogP contribution in [0.2, 0.25) is 0 Å². The summed E-state index contributed by atoms with van der Waals surface area (Å²) in [6.45, 7) is -0.508. The number of rotatable bonds is 14. The number of hydrogen-bond donors (Lipinski definition) is 4. The fourth-order valence-electron chi connectivity index (χ4n) is 6.42. The molecule has 0 aliphatic carbocycles. The minimum absolute atomic E-state index is 0.0492. The van der Waals surface area contributed by atoms with Crippen LogP contribution in [0.5, 0.6) is 0 Å². The van der Waals surface area contributed by atoms with Crippen molar-refractivity contribution in [2.45, 2.75) is 36.0 Å². The first kappa shape index (κ1) is 36.9. The Morgan fingerprint density at radius 2 is 1.67 bits per heavy atom. The van der Waals surface area contributed by atoms with Gasteiger partial charge in [0.1, 0.15) is 11.7 Å². The summed E-state index contributed by atoms with van der Waals surface area (Å²) in [6.07, 6.45) is 0.900. The molecule has 2 unspecified atom stereocenters. The highest BCUT2D eigenvalue weighted by Gasteiger charge is 2.35. The summed E-state index contributed by atoms with van der Waals surface area (Å²) < 4.78 is 36.0. The van der Waals surface area contributed by atoms with E-state index in [0.717, 1.165) is 21.2 Å². The molecule has 4 heterocycles. The van der Waals surface area contributed by atoms with Gasteiger partial charge in [-0.2, -0.15) is 4.31 Å². The number of thiazole rings is 1. The van der Waals surface area contributed by atoms with E-state index in [4.69, 9.17) is 4.74 Å². The van der Waals surface area contributed by atoms with Crippen molar-refractivity contribution < 1.29 is 27.9 Å². The van der Waals surface area contributed by atoms with Gasteiger partial charge in [-0.1, -0.05) is 60.7 Å². The van der Waals surface area contributed by atoms with E-state index in [1.165, 1.54) is 34.1 Å². The van der Waals surface area contributed by atoms with Crippen molar-refractivity contribution in [1.29, 1.82) is 0 Å². The Morgan fingerprint density at radius 1 is 0.926 bits per heavy atom. The minimum atomic E-state index is -4.19. The fourth-order valence-corrected chi connectivity index (χ4v) is 9.80. The molecule has 0 bridgehead atoms. The molecule has 0 spiro atoms. The SMILES string of the molecule is COC(=O)NC(C(=O)NCc1ccc(C(CO)N(Cc2cc3cccnc3[nH]2)S(=O)(=O)c2ccc3scnc3c2)s1)C(c1ccccc1)c1ccccc1. The van der Waals surface area contributed by atoms with Gasteiger partial charge in [-0.05, 0) is 59.7 Å². The summed E-state index contributed by atoms with van der Waals surface area (Å²) in [5, 5.41) is 17.4. The highest BCUT2D eigenvalue weighted by molar-refractivity contribution is 7.89. The predicted octanol–water partition coefficient (Wildman–Crippen LogP) is 6.33. The van der Waals surface area contributed by atoms with Gasteiger partial charge in [0.2, 0.25) is 15.9 Å². The van der Waals surface area contributed by atoms with E-state index >= 15 is 0 Å². The van der Waals surface area contributed by atoms with Gasteiger partial charge in [0, 0.05) is 32.9 Å². The van der Waals surface area contributed by atoms with E-state index in [-0.39, 0.29) is 18.0 Å². The number of H-pyrrole nitrogens is 1. The third-order valence-electron chi connectivity index (χ3n) is 9.04. The Labute approximate surface area is 319 Å². The number of sulfonamides is 1. The maximum Gasteiger partial charge on any atom is 0.407 e. The molecule has 0 saturated carbocycles. The maximum absolute atomic E-state index is 14.5. The van der Waals surface area contributed by atoms with Crippen molar-refractivity contribution in [1.82, 2.24) is 29.9 Å². The number of nitrogens with one attached hydrogen (secondary N) is 3. The zero-order chi connectivity index (χ0) is 37.7. The smallest absolute Gasteiger partial charge is 0.407 e. The van der Waals surface area contributed by atoms with Gasteiger partial charge in [-0.25, -0.2) is 23.2 Å². The number of hydrogen-bond acceptors (Lipinski definition) is 10. The Morgan fingerprint density at radius 3 is 2.35 bits per heavy atom. The lowest BCUT2D eigenvalue weighted by Gasteiger charge is -2.29. The van der Waals surface area contributed by atoms with Gasteiger partial charge in [0.05, 0.1) is 53.5 Å². The summed E-state index contributed by atoms with van der Waals surface area (Å²) in [5.74, 6) is -0.980. The topological polar surface area (TPSA) is 167 Å². The molecule has 4 N–H and O–H groups in total. The number of thiophene rings is 1. The molecule has 7 rings (SSSR count). The second-order valence-corrected chi connectivity index (χ2v) is 16.4. The molecule has 0 saturated heterocycles. The number of aromatic nitrogens is 3. The van der Waals surface area contributed by atoms with Crippen molar-refractivity contribution in [2.75, 3.05) is 13.7 Å². The average molecular weight is 781 g/mol. The molecule has 0 fully saturated rings. The van der Waals surface area contributed by atoms with E-state index in [2.05, 4.69) is 25.6 Å². The van der Waals surface area contributed by atoms with Crippen molar-refractivity contribution in [3.8, 4) is 0 Å². The first-order chi connectivity index (χ1) is 26.2. The van der Waals surface area contributed by atoms with Crippen molar-refractivity contribution in [3.63, 3.8) is 0 Å². The van der Waals surface area contributed by atoms with Crippen LogP contribution < -0.4 is 10.6 Å². The molecular formula is C39H36N6O6S3. The normalized spacial score (nSPS) is 13.0. The van der Waals surface area contributed by atoms with Crippen LogP contribution in [-0.4, -0.2) is 64.5 Å². The number of methoxy groups -OCH3 is 1. The van der Waals surface area contributed by atoms with Crippen LogP contribution in [-0.2, 0) is 32.6 Å². The van der Waals surface area contributed by atoms with E-state index in [1.807, 2.05) is 72.8 Å². The average Bonchev–Trinajstić information content (AvgIpc) is 3.97. The summed E-state index contributed by atoms with van der Waals surface area (Å²) >= 11 is 2.69. The number of alkyl carbamates (subject to hydrolysis) is 1. The van der Waals surface area contributed by atoms with Gasteiger partial charge in [-0.15, -0.1) is 22.7 Å². The van der Waals surface area contributed by atoms with Gasteiger partial charge >= 0.3 is 6.09 Å². The molecule has 276 valence electrons. The van der Waals surface area contributed by atoms with Crippen molar-refractivity contribution in [2.24, 2.45) is 0 Å². The lowest BCUT2D eigenvalue weighted by atomic mass is 9.84. The molecule has 15 heteroatoms. The van der Waals surface area contributed by atoms with E-state index < -0.39 is 46.6 Å². The molecular weight excluding hydrogens is 745 g/mol. The van der Waals surface area contributed by atoms with Crippen LogP contribution in [0.1, 0.15) is 38.5 Å². The first-order valence-electron chi connectivity index (χ1n) is 16.9. The Hall–Kier alpha value is -5.45. The predicted molar refractivity (Wildman–Crippen MR) is 208 cm³/mol.